The molecule has 2 aromatic rings. The van der Waals surface area contributed by atoms with E-state index in [9.17, 15) is 9.59 Å². The Morgan fingerprint density at radius 3 is 3.00 bits per heavy atom. The van der Waals surface area contributed by atoms with Crippen LogP contribution < -0.4 is 5.32 Å². The fraction of sp³-hybridized carbons (Fsp3) is 0.333. The van der Waals surface area contributed by atoms with Gasteiger partial charge in [-0.05, 0) is 34.0 Å². The Labute approximate surface area is 135 Å². The smallest absolute Gasteiger partial charge is 0.333 e. The number of carbonyl (C=O) groups excluding carboxylic acids is 2. The van der Waals surface area contributed by atoms with E-state index in [0.29, 0.717) is 18.1 Å². The molecule has 3 rings (SSSR count). The van der Waals surface area contributed by atoms with Crippen LogP contribution in [0.3, 0.4) is 0 Å². The summed E-state index contributed by atoms with van der Waals surface area (Å²) in [6, 6.07) is 2.87. The van der Waals surface area contributed by atoms with Crippen LogP contribution in [0.4, 0.5) is 0 Å². The van der Waals surface area contributed by atoms with E-state index in [1.54, 1.807) is 6.07 Å². The number of amides is 1. The highest BCUT2D eigenvalue weighted by Gasteiger charge is 2.26. The summed E-state index contributed by atoms with van der Waals surface area (Å²) in [5.74, 6) is -0.739. The average Bonchev–Trinajstić information content (AvgIpc) is 3.20. The zero-order valence-electron chi connectivity index (χ0n) is 12.0. The largest absolute Gasteiger partial charge is 0.467 e. The summed E-state index contributed by atoms with van der Waals surface area (Å²) in [5, 5.41) is 6.45. The maximum atomic E-state index is 12.4. The molecule has 22 heavy (non-hydrogen) atoms. The number of rotatable bonds is 4. The molecule has 0 spiro atoms. The summed E-state index contributed by atoms with van der Waals surface area (Å²) < 4.78 is 10.2. The van der Waals surface area contributed by atoms with E-state index in [4.69, 9.17) is 9.47 Å². The molecule has 5 nitrogen and oxygen atoms in total. The minimum absolute atomic E-state index is 0.263. The molecular weight excluding hydrogens is 322 g/mol. The van der Waals surface area contributed by atoms with Gasteiger partial charge in [0.25, 0.3) is 5.91 Å². The number of hydrogen-bond acceptors (Lipinski definition) is 6. The fourth-order valence-electron chi connectivity index (χ4n) is 2.30. The highest BCUT2D eigenvalue weighted by Crippen LogP contribution is 2.27. The predicted molar refractivity (Wildman–Crippen MR) is 84.2 cm³/mol. The van der Waals surface area contributed by atoms with Gasteiger partial charge in [0.2, 0.25) is 0 Å². The molecular formula is C15H15NO4S2. The zero-order valence-corrected chi connectivity index (χ0v) is 13.6. The van der Waals surface area contributed by atoms with E-state index >= 15 is 0 Å². The second-order valence-corrected chi connectivity index (χ2v) is 6.76. The monoisotopic (exact) mass is 337 g/mol. The van der Waals surface area contributed by atoms with Crippen molar-refractivity contribution in [2.75, 3.05) is 13.7 Å². The second-order valence-electron chi connectivity index (χ2n) is 4.85. The molecule has 1 aliphatic rings. The predicted octanol–water partition coefficient (Wildman–Crippen LogP) is 2.53. The second kappa shape index (κ2) is 6.60. The average molecular weight is 337 g/mol. The molecule has 7 heteroatoms. The van der Waals surface area contributed by atoms with E-state index in [-0.39, 0.29) is 5.91 Å². The summed E-state index contributed by atoms with van der Waals surface area (Å²) in [7, 11) is 1.31. The lowest BCUT2D eigenvalue weighted by atomic mass is 10.1. The number of nitrogens with one attached hydrogen (secondary N) is 1. The van der Waals surface area contributed by atoms with E-state index < -0.39 is 12.0 Å². The van der Waals surface area contributed by atoms with Gasteiger partial charge in [0.1, 0.15) is 0 Å². The molecule has 3 heterocycles. The fourth-order valence-corrected chi connectivity index (χ4v) is 4.04. The highest BCUT2D eigenvalue weighted by atomic mass is 32.1. The Balaban J connectivity index is 1.79. The third-order valence-corrected chi connectivity index (χ3v) is 5.38. The molecule has 1 amide bonds. The van der Waals surface area contributed by atoms with Crippen LogP contribution in [0.25, 0.3) is 0 Å². The first-order chi connectivity index (χ1) is 10.7. The molecule has 0 fully saturated rings. The van der Waals surface area contributed by atoms with Crippen LogP contribution >= 0.6 is 22.7 Å². The van der Waals surface area contributed by atoms with Gasteiger partial charge in [0.15, 0.2) is 6.04 Å². The molecule has 2 aromatic heterocycles. The van der Waals surface area contributed by atoms with Crippen LogP contribution in [0.15, 0.2) is 22.9 Å². The van der Waals surface area contributed by atoms with Crippen molar-refractivity contribution in [3.05, 3.63) is 43.8 Å². The Morgan fingerprint density at radius 1 is 1.45 bits per heavy atom. The number of esters is 1. The lowest BCUT2D eigenvalue weighted by Crippen LogP contribution is -2.33. The van der Waals surface area contributed by atoms with Crippen molar-refractivity contribution < 1.29 is 19.1 Å². The molecule has 0 radical (unpaired) electrons. The Kier molecular flexibility index (Phi) is 4.56. The van der Waals surface area contributed by atoms with Crippen molar-refractivity contribution in [1.82, 2.24) is 5.32 Å². The highest BCUT2D eigenvalue weighted by molar-refractivity contribution is 7.14. The number of carbonyl (C=O) groups is 2. The standard InChI is InChI=1S/C15H15NO4S2/c1-19-15(18)13(9-3-5-21-8-9)16-14(17)12-6-10-7-20-4-2-11(10)22-12/h3,5-6,8,13H,2,4,7H2,1H3,(H,16,17)/t13-/m0/s1. The lowest BCUT2D eigenvalue weighted by molar-refractivity contribution is -0.143. The van der Waals surface area contributed by atoms with Gasteiger partial charge >= 0.3 is 5.97 Å². The SMILES string of the molecule is COC(=O)[C@@H](NC(=O)c1cc2c(s1)CCOC2)c1ccsc1. The molecule has 1 atom stereocenters. The van der Waals surface area contributed by atoms with Crippen LogP contribution in [0.1, 0.15) is 31.7 Å². The summed E-state index contributed by atoms with van der Waals surface area (Å²) >= 11 is 2.93. The van der Waals surface area contributed by atoms with E-state index in [1.807, 2.05) is 16.8 Å². The van der Waals surface area contributed by atoms with Crippen molar-refractivity contribution in [2.45, 2.75) is 19.1 Å². The third-order valence-electron chi connectivity index (χ3n) is 3.44. The van der Waals surface area contributed by atoms with E-state index in [2.05, 4.69) is 5.32 Å². The van der Waals surface area contributed by atoms with Crippen molar-refractivity contribution >= 4 is 34.6 Å². The van der Waals surface area contributed by atoms with Crippen LogP contribution in [0.5, 0.6) is 0 Å². The van der Waals surface area contributed by atoms with Crippen LogP contribution in [0.2, 0.25) is 0 Å². The minimum Gasteiger partial charge on any atom is -0.467 e. The van der Waals surface area contributed by atoms with Crippen molar-refractivity contribution in [1.29, 1.82) is 0 Å². The summed E-state index contributed by atoms with van der Waals surface area (Å²) in [4.78, 5) is 26.1. The van der Waals surface area contributed by atoms with Gasteiger partial charge in [-0.3, -0.25) is 4.79 Å². The summed E-state index contributed by atoms with van der Waals surface area (Å²) in [6.45, 7) is 1.23. The number of fused-ring (bicyclic) bond motifs is 1. The molecule has 1 N–H and O–H groups in total. The minimum atomic E-state index is -0.779. The van der Waals surface area contributed by atoms with Crippen LogP contribution in [0, 0.1) is 0 Å². The van der Waals surface area contributed by atoms with Gasteiger partial charge in [0, 0.05) is 11.3 Å². The molecule has 0 bridgehead atoms. The van der Waals surface area contributed by atoms with Gasteiger partial charge < -0.3 is 14.8 Å². The maximum Gasteiger partial charge on any atom is 0.333 e. The van der Waals surface area contributed by atoms with E-state index in [1.165, 1.54) is 34.7 Å². The number of ether oxygens (including phenoxy) is 2. The Morgan fingerprint density at radius 2 is 2.32 bits per heavy atom. The van der Waals surface area contributed by atoms with Gasteiger partial charge in [-0.2, -0.15) is 11.3 Å². The molecule has 0 unspecified atom stereocenters. The lowest BCUT2D eigenvalue weighted by Gasteiger charge is -2.14. The summed E-state index contributed by atoms with van der Waals surface area (Å²) in [5.41, 5.74) is 1.79. The van der Waals surface area contributed by atoms with Gasteiger partial charge in [-0.1, -0.05) is 0 Å². The third kappa shape index (κ3) is 3.06. The van der Waals surface area contributed by atoms with E-state index in [0.717, 1.165) is 17.5 Å². The van der Waals surface area contributed by atoms with Gasteiger partial charge in [0.05, 0.1) is 25.2 Å². The molecule has 1 aliphatic heterocycles. The molecule has 0 aromatic carbocycles. The Hall–Kier alpha value is -1.70. The number of thiophene rings is 2. The maximum absolute atomic E-state index is 12.4. The van der Waals surface area contributed by atoms with Crippen molar-refractivity contribution in [3.63, 3.8) is 0 Å². The molecule has 0 aliphatic carbocycles. The molecule has 0 saturated carbocycles. The van der Waals surface area contributed by atoms with Crippen LogP contribution in [-0.4, -0.2) is 25.6 Å². The molecule has 116 valence electrons. The van der Waals surface area contributed by atoms with Crippen molar-refractivity contribution in [3.8, 4) is 0 Å². The first kappa shape index (κ1) is 15.2. The van der Waals surface area contributed by atoms with Crippen LogP contribution in [-0.2, 0) is 27.3 Å². The topological polar surface area (TPSA) is 64.6 Å². The van der Waals surface area contributed by atoms with Gasteiger partial charge in [-0.15, -0.1) is 11.3 Å². The zero-order chi connectivity index (χ0) is 15.5. The quantitative estimate of drug-likeness (QED) is 0.871. The number of hydrogen-bond donors (Lipinski definition) is 1. The first-order valence-corrected chi connectivity index (χ1v) is 8.55. The first-order valence-electron chi connectivity index (χ1n) is 6.79. The van der Waals surface area contributed by atoms with Gasteiger partial charge in [-0.25, -0.2) is 4.79 Å². The summed E-state index contributed by atoms with van der Waals surface area (Å²) in [6.07, 6.45) is 0.832. The Bertz CT molecular complexity index is 654. The van der Waals surface area contributed by atoms with Crippen molar-refractivity contribution in [2.24, 2.45) is 0 Å². The number of methoxy groups -OCH3 is 1. The normalized spacial score (nSPS) is 15.0. The molecule has 0 saturated heterocycles.